The van der Waals surface area contributed by atoms with Crippen LogP contribution in [0.2, 0.25) is 0 Å². The van der Waals surface area contributed by atoms with Gasteiger partial charge in [0.15, 0.2) is 0 Å². The van der Waals surface area contributed by atoms with Crippen LogP contribution < -0.4 is 5.32 Å². The summed E-state index contributed by atoms with van der Waals surface area (Å²) in [6.45, 7) is 1.32. The maximum atomic E-state index is 12.6. The van der Waals surface area contributed by atoms with Crippen molar-refractivity contribution >= 4 is 12.0 Å². The number of likely N-dealkylation sites (tertiary alicyclic amines) is 1. The van der Waals surface area contributed by atoms with Crippen molar-refractivity contribution in [2.45, 2.75) is 5.92 Å². The first-order valence-electron chi connectivity index (χ1n) is 8.47. The average Bonchev–Trinajstić information content (AvgIpc) is 3.05. The normalized spacial score (nSPS) is 21.2. The fraction of sp³-hybridized carbons (Fsp3) is 0.250. The highest BCUT2D eigenvalue weighted by Gasteiger charge is 2.39. The number of hydrogen-bond donors (Lipinski definition) is 2. The zero-order valence-electron chi connectivity index (χ0n) is 14.0. The molecule has 0 aliphatic carbocycles. The van der Waals surface area contributed by atoms with E-state index in [9.17, 15) is 14.7 Å². The second-order valence-electron chi connectivity index (χ2n) is 6.76. The molecule has 2 aliphatic rings. The number of fused-ring (bicyclic) bond motifs is 3. The molecule has 2 aromatic rings. The Labute approximate surface area is 150 Å². The van der Waals surface area contributed by atoms with Crippen LogP contribution in [0.1, 0.15) is 27.4 Å². The van der Waals surface area contributed by atoms with Crippen molar-refractivity contribution in [2.75, 3.05) is 19.6 Å². The number of carboxylic acid groups (broad SMARTS) is 1. The van der Waals surface area contributed by atoms with E-state index < -0.39 is 6.09 Å². The molecular formula is C20H17N3O3. The van der Waals surface area contributed by atoms with Gasteiger partial charge in [-0.2, -0.15) is 5.26 Å². The van der Waals surface area contributed by atoms with E-state index in [0.29, 0.717) is 30.8 Å². The van der Waals surface area contributed by atoms with Gasteiger partial charge in [-0.1, -0.05) is 24.3 Å². The fourth-order valence-corrected chi connectivity index (χ4v) is 3.93. The summed E-state index contributed by atoms with van der Waals surface area (Å²) in [4.78, 5) is 25.3. The Bertz CT molecular complexity index is 948. The molecule has 0 saturated carbocycles. The number of nitrogens with one attached hydrogen (secondary N) is 1. The minimum Gasteiger partial charge on any atom is -0.465 e. The molecule has 2 aliphatic heterocycles. The molecule has 0 spiro atoms. The second-order valence-corrected chi connectivity index (χ2v) is 6.76. The summed E-state index contributed by atoms with van der Waals surface area (Å²) in [5.74, 6) is -0.0295. The van der Waals surface area contributed by atoms with Gasteiger partial charge in [0.2, 0.25) is 0 Å². The molecule has 0 aromatic heterocycles. The molecule has 2 unspecified atom stereocenters. The van der Waals surface area contributed by atoms with Crippen LogP contribution in [0.5, 0.6) is 0 Å². The summed E-state index contributed by atoms with van der Waals surface area (Å²) in [5, 5.41) is 21.3. The number of carbonyl (C=O) groups excluding carboxylic acids is 1. The van der Waals surface area contributed by atoms with Crippen LogP contribution in [0, 0.1) is 17.2 Å². The molecule has 4 rings (SSSR count). The third-order valence-electron chi connectivity index (χ3n) is 5.26. The molecule has 1 saturated heterocycles. The summed E-state index contributed by atoms with van der Waals surface area (Å²) in [6.07, 6.45) is -0.920. The Morgan fingerprint density at radius 2 is 2.00 bits per heavy atom. The molecule has 1 fully saturated rings. The molecule has 6 nitrogen and oxygen atoms in total. The van der Waals surface area contributed by atoms with Crippen LogP contribution in [0.15, 0.2) is 42.5 Å². The summed E-state index contributed by atoms with van der Waals surface area (Å²) in [7, 11) is 0. The third-order valence-corrected chi connectivity index (χ3v) is 5.26. The van der Waals surface area contributed by atoms with Gasteiger partial charge in [0.1, 0.15) is 0 Å². The lowest BCUT2D eigenvalue weighted by atomic mass is 9.86. The molecule has 2 N–H and O–H groups in total. The van der Waals surface area contributed by atoms with Crippen molar-refractivity contribution in [3.05, 3.63) is 59.2 Å². The predicted molar refractivity (Wildman–Crippen MR) is 94.8 cm³/mol. The van der Waals surface area contributed by atoms with Gasteiger partial charge in [-0.3, -0.25) is 4.79 Å². The van der Waals surface area contributed by atoms with Gasteiger partial charge >= 0.3 is 6.09 Å². The molecular weight excluding hydrogens is 330 g/mol. The minimum atomic E-state index is -0.920. The van der Waals surface area contributed by atoms with Gasteiger partial charge in [-0.15, -0.1) is 0 Å². The van der Waals surface area contributed by atoms with Crippen LogP contribution in [0.4, 0.5) is 4.79 Å². The number of nitriles is 1. The molecule has 2 atom stereocenters. The van der Waals surface area contributed by atoms with E-state index in [0.717, 1.165) is 16.7 Å². The number of carbonyl (C=O) groups is 2. The van der Waals surface area contributed by atoms with Crippen molar-refractivity contribution in [2.24, 2.45) is 5.92 Å². The van der Waals surface area contributed by atoms with E-state index in [2.05, 4.69) is 11.4 Å². The van der Waals surface area contributed by atoms with E-state index in [4.69, 9.17) is 5.26 Å². The Kier molecular flexibility index (Phi) is 3.85. The third kappa shape index (κ3) is 2.68. The van der Waals surface area contributed by atoms with Gasteiger partial charge < -0.3 is 15.3 Å². The number of nitrogens with zero attached hydrogens (tertiary/aromatic N) is 2. The topological polar surface area (TPSA) is 93.4 Å². The number of amides is 2. The number of benzene rings is 2. The Morgan fingerprint density at radius 3 is 2.77 bits per heavy atom. The molecule has 0 bridgehead atoms. The molecule has 2 heterocycles. The average molecular weight is 347 g/mol. The van der Waals surface area contributed by atoms with Crippen molar-refractivity contribution in [1.82, 2.24) is 10.2 Å². The van der Waals surface area contributed by atoms with Crippen LogP contribution in [0.25, 0.3) is 11.1 Å². The highest BCUT2D eigenvalue weighted by Crippen LogP contribution is 2.37. The highest BCUT2D eigenvalue weighted by atomic mass is 16.4. The fourth-order valence-electron chi connectivity index (χ4n) is 3.93. The Balaban J connectivity index is 1.76. The molecule has 2 aromatic carbocycles. The van der Waals surface area contributed by atoms with Crippen LogP contribution in [-0.4, -0.2) is 41.6 Å². The predicted octanol–water partition coefficient (Wildman–Crippen LogP) is 2.66. The first-order valence-corrected chi connectivity index (χ1v) is 8.47. The second kappa shape index (κ2) is 6.19. The quantitative estimate of drug-likeness (QED) is 0.829. The minimum absolute atomic E-state index is 0.0135. The largest absolute Gasteiger partial charge is 0.465 e. The summed E-state index contributed by atoms with van der Waals surface area (Å²) in [6, 6.07) is 15.1. The van der Waals surface area contributed by atoms with Gasteiger partial charge in [-0.05, 0) is 34.9 Å². The number of hydrogen-bond acceptors (Lipinski definition) is 3. The van der Waals surface area contributed by atoms with E-state index in [-0.39, 0.29) is 17.7 Å². The summed E-state index contributed by atoms with van der Waals surface area (Å²) >= 11 is 0. The smallest absolute Gasteiger partial charge is 0.407 e. The van der Waals surface area contributed by atoms with E-state index in [1.54, 1.807) is 12.1 Å². The number of rotatable bonds is 1. The summed E-state index contributed by atoms with van der Waals surface area (Å²) in [5.41, 5.74) is 3.79. The monoisotopic (exact) mass is 347 g/mol. The zero-order valence-corrected chi connectivity index (χ0v) is 14.0. The molecule has 130 valence electrons. The van der Waals surface area contributed by atoms with E-state index in [1.165, 1.54) is 4.90 Å². The Hall–Kier alpha value is -3.33. The maximum absolute atomic E-state index is 12.6. The van der Waals surface area contributed by atoms with Gasteiger partial charge in [-0.25, -0.2) is 4.79 Å². The van der Waals surface area contributed by atoms with Crippen molar-refractivity contribution in [1.29, 1.82) is 5.26 Å². The van der Waals surface area contributed by atoms with Crippen LogP contribution >= 0.6 is 0 Å². The van der Waals surface area contributed by atoms with Gasteiger partial charge in [0.05, 0.1) is 11.6 Å². The maximum Gasteiger partial charge on any atom is 0.407 e. The molecule has 2 amide bonds. The molecule has 26 heavy (non-hydrogen) atoms. The Morgan fingerprint density at radius 1 is 1.19 bits per heavy atom. The van der Waals surface area contributed by atoms with Crippen molar-refractivity contribution in [3.8, 4) is 17.2 Å². The SMILES string of the molecule is N#Cc1cccc(-c2ccc3c(c2)C(=O)NCC2CN(C(=O)O)CC32)c1. The zero-order chi connectivity index (χ0) is 18.3. The van der Waals surface area contributed by atoms with E-state index >= 15 is 0 Å². The van der Waals surface area contributed by atoms with Gasteiger partial charge in [0.25, 0.3) is 5.91 Å². The van der Waals surface area contributed by atoms with Crippen LogP contribution in [-0.2, 0) is 0 Å². The van der Waals surface area contributed by atoms with Gasteiger partial charge in [0, 0.05) is 37.0 Å². The standard InChI is InChI=1S/C20H17N3O3/c21-8-12-2-1-3-13(6-12)14-4-5-16-17(7-14)19(24)22-9-15-10-23(20(25)26)11-18(15)16/h1-7,15,18H,9-11H2,(H,22,24)(H,25,26). The van der Waals surface area contributed by atoms with Crippen LogP contribution in [0.3, 0.4) is 0 Å². The first-order chi connectivity index (χ1) is 12.6. The lowest BCUT2D eigenvalue weighted by molar-refractivity contribution is 0.0951. The van der Waals surface area contributed by atoms with Crippen molar-refractivity contribution < 1.29 is 14.7 Å². The lowest BCUT2D eigenvalue weighted by Crippen LogP contribution is -2.31. The van der Waals surface area contributed by atoms with Crippen molar-refractivity contribution in [3.63, 3.8) is 0 Å². The molecule has 6 heteroatoms. The lowest BCUT2D eigenvalue weighted by Gasteiger charge is -2.16. The summed E-state index contributed by atoms with van der Waals surface area (Å²) < 4.78 is 0. The molecule has 0 radical (unpaired) electrons. The van der Waals surface area contributed by atoms with E-state index in [1.807, 2.05) is 30.3 Å². The first kappa shape index (κ1) is 16.2. The highest BCUT2D eigenvalue weighted by molar-refractivity contribution is 5.97.